The summed E-state index contributed by atoms with van der Waals surface area (Å²) in [5.74, 6) is 0.261. The zero-order valence-electron chi connectivity index (χ0n) is 16.0. The van der Waals surface area contributed by atoms with Crippen molar-refractivity contribution in [2.75, 3.05) is 5.75 Å². The molecule has 1 N–H and O–H groups in total. The van der Waals surface area contributed by atoms with Crippen molar-refractivity contribution in [3.05, 3.63) is 34.6 Å². The van der Waals surface area contributed by atoms with Crippen LogP contribution in [-0.4, -0.2) is 27.3 Å². The van der Waals surface area contributed by atoms with E-state index in [0.717, 1.165) is 19.3 Å². The standard InChI is InChI=1S/C20H29N3O2S/c1-4-6-7-10-15(3)21-18(24)14-26-20-22-17-12-9-8-11-16(17)19(25)23(20)13-5-2/h8-9,11-12,15H,4-7,10,13-14H2,1-3H3,(H,21,24)/t15-/m0/s1. The van der Waals surface area contributed by atoms with Gasteiger partial charge in [0.15, 0.2) is 5.16 Å². The summed E-state index contributed by atoms with van der Waals surface area (Å²) < 4.78 is 1.69. The molecule has 1 aromatic heterocycles. The summed E-state index contributed by atoms with van der Waals surface area (Å²) in [6, 6.07) is 7.54. The molecule has 142 valence electrons. The number of para-hydroxylation sites is 1. The lowest BCUT2D eigenvalue weighted by Crippen LogP contribution is -2.34. The number of amides is 1. The summed E-state index contributed by atoms with van der Waals surface area (Å²) in [6.07, 6.45) is 5.35. The predicted octanol–water partition coefficient (Wildman–Crippen LogP) is 3.98. The Bertz CT molecular complexity index is 788. The third kappa shape index (κ3) is 5.59. The second-order valence-electron chi connectivity index (χ2n) is 6.62. The molecule has 2 aromatic rings. The molecule has 0 aliphatic heterocycles. The minimum absolute atomic E-state index is 0.00976. The average molecular weight is 376 g/mol. The fraction of sp³-hybridized carbons (Fsp3) is 0.550. The molecule has 0 unspecified atom stereocenters. The van der Waals surface area contributed by atoms with Gasteiger partial charge in [0.05, 0.1) is 16.7 Å². The zero-order valence-corrected chi connectivity index (χ0v) is 16.8. The van der Waals surface area contributed by atoms with Gasteiger partial charge in [-0.3, -0.25) is 14.2 Å². The van der Waals surface area contributed by atoms with Crippen molar-refractivity contribution >= 4 is 28.6 Å². The van der Waals surface area contributed by atoms with E-state index in [2.05, 4.69) is 17.2 Å². The van der Waals surface area contributed by atoms with Crippen molar-refractivity contribution in [1.29, 1.82) is 0 Å². The molecule has 0 aliphatic carbocycles. The maximum atomic E-state index is 12.7. The molecule has 0 radical (unpaired) electrons. The number of hydrogen-bond donors (Lipinski definition) is 1. The third-order valence-corrected chi connectivity index (χ3v) is 5.23. The average Bonchev–Trinajstić information content (AvgIpc) is 2.63. The number of thioether (sulfide) groups is 1. The smallest absolute Gasteiger partial charge is 0.262 e. The maximum Gasteiger partial charge on any atom is 0.262 e. The quantitative estimate of drug-likeness (QED) is 0.387. The van der Waals surface area contributed by atoms with Gasteiger partial charge in [0.25, 0.3) is 5.56 Å². The monoisotopic (exact) mass is 375 g/mol. The predicted molar refractivity (Wildman–Crippen MR) is 109 cm³/mol. The van der Waals surface area contributed by atoms with Crippen LogP contribution in [0.3, 0.4) is 0 Å². The number of benzene rings is 1. The summed E-state index contributed by atoms with van der Waals surface area (Å²) in [5, 5.41) is 4.28. The highest BCUT2D eigenvalue weighted by Crippen LogP contribution is 2.18. The maximum absolute atomic E-state index is 12.7. The van der Waals surface area contributed by atoms with Gasteiger partial charge in [-0.2, -0.15) is 0 Å². The first-order chi connectivity index (χ1) is 12.6. The molecule has 0 spiro atoms. The molecular formula is C20H29N3O2S. The second-order valence-corrected chi connectivity index (χ2v) is 7.56. The molecule has 1 heterocycles. The van der Waals surface area contributed by atoms with Crippen molar-refractivity contribution in [2.24, 2.45) is 0 Å². The second kappa shape index (κ2) is 10.4. The van der Waals surface area contributed by atoms with Gasteiger partial charge >= 0.3 is 0 Å². The van der Waals surface area contributed by atoms with E-state index >= 15 is 0 Å². The van der Waals surface area contributed by atoms with Crippen LogP contribution in [0.1, 0.15) is 52.9 Å². The van der Waals surface area contributed by atoms with E-state index in [4.69, 9.17) is 0 Å². The first-order valence-electron chi connectivity index (χ1n) is 9.48. The Morgan fingerprint density at radius 2 is 2.00 bits per heavy atom. The minimum Gasteiger partial charge on any atom is -0.353 e. The highest BCUT2D eigenvalue weighted by molar-refractivity contribution is 7.99. The molecule has 1 aromatic carbocycles. The fourth-order valence-electron chi connectivity index (χ4n) is 2.90. The number of carbonyl (C=O) groups is 1. The summed E-state index contributed by atoms with van der Waals surface area (Å²) in [7, 11) is 0. The van der Waals surface area contributed by atoms with Crippen molar-refractivity contribution in [3.8, 4) is 0 Å². The summed E-state index contributed by atoms with van der Waals surface area (Å²) in [5.41, 5.74) is 0.647. The number of nitrogens with zero attached hydrogens (tertiary/aromatic N) is 2. The highest BCUT2D eigenvalue weighted by Gasteiger charge is 2.13. The number of nitrogens with one attached hydrogen (secondary N) is 1. The van der Waals surface area contributed by atoms with Crippen molar-refractivity contribution < 1.29 is 4.79 Å². The molecule has 0 fully saturated rings. The lowest BCUT2D eigenvalue weighted by Gasteiger charge is -2.15. The van der Waals surface area contributed by atoms with E-state index in [1.54, 1.807) is 10.6 Å². The van der Waals surface area contributed by atoms with Crippen LogP contribution in [0.15, 0.2) is 34.2 Å². The Morgan fingerprint density at radius 1 is 1.23 bits per heavy atom. The topological polar surface area (TPSA) is 64.0 Å². The number of carbonyl (C=O) groups excluding carboxylic acids is 1. The van der Waals surface area contributed by atoms with Gasteiger partial charge in [0.1, 0.15) is 0 Å². The van der Waals surface area contributed by atoms with E-state index in [9.17, 15) is 9.59 Å². The number of hydrogen-bond acceptors (Lipinski definition) is 4. The molecule has 26 heavy (non-hydrogen) atoms. The van der Waals surface area contributed by atoms with E-state index < -0.39 is 0 Å². The highest BCUT2D eigenvalue weighted by atomic mass is 32.2. The third-order valence-electron chi connectivity index (χ3n) is 4.25. The minimum atomic E-state index is -0.0340. The van der Waals surface area contributed by atoms with E-state index in [1.807, 2.05) is 32.0 Å². The molecule has 0 saturated carbocycles. The van der Waals surface area contributed by atoms with Crippen molar-refractivity contribution in [3.63, 3.8) is 0 Å². The molecule has 6 heteroatoms. The fourth-order valence-corrected chi connectivity index (χ4v) is 3.73. The number of unbranched alkanes of at least 4 members (excludes halogenated alkanes) is 2. The molecule has 2 rings (SSSR count). The zero-order chi connectivity index (χ0) is 18.9. The van der Waals surface area contributed by atoms with E-state index in [0.29, 0.717) is 22.6 Å². The molecule has 1 atom stereocenters. The van der Waals surface area contributed by atoms with Crippen LogP contribution in [0.25, 0.3) is 10.9 Å². The Kier molecular flexibility index (Phi) is 8.16. The lowest BCUT2D eigenvalue weighted by molar-refractivity contribution is -0.119. The van der Waals surface area contributed by atoms with Gasteiger partial charge in [-0.05, 0) is 31.9 Å². The van der Waals surface area contributed by atoms with Crippen molar-refractivity contribution in [2.45, 2.75) is 70.6 Å². The van der Waals surface area contributed by atoms with Crippen LogP contribution < -0.4 is 10.9 Å². The lowest BCUT2D eigenvalue weighted by atomic mass is 10.1. The summed E-state index contributed by atoms with van der Waals surface area (Å²) in [6.45, 7) is 6.85. The van der Waals surface area contributed by atoms with Gasteiger partial charge in [-0.25, -0.2) is 4.98 Å². The largest absolute Gasteiger partial charge is 0.353 e. The SMILES string of the molecule is CCCCC[C@H](C)NC(=O)CSc1nc2ccccc2c(=O)n1CCC. The first kappa shape index (κ1) is 20.5. The van der Waals surface area contributed by atoms with Gasteiger partial charge in [-0.1, -0.05) is 57.0 Å². The van der Waals surface area contributed by atoms with Crippen LogP contribution in [0.2, 0.25) is 0 Å². The normalized spacial score (nSPS) is 12.3. The van der Waals surface area contributed by atoms with Gasteiger partial charge < -0.3 is 5.32 Å². The van der Waals surface area contributed by atoms with Crippen LogP contribution in [0, 0.1) is 0 Å². The Hall–Kier alpha value is -1.82. The molecule has 5 nitrogen and oxygen atoms in total. The van der Waals surface area contributed by atoms with E-state index in [-0.39, 0.29) is 23.3 Å². The molecule has 0 aliphatic rings. The number of aromatic nitrogens is 2. The molecule has 0 saturated heterocycles. The molecule has 0 bridgehead atoms. The summed E-state index contributed by atoms with van der Waals surface area (Å²) in [4.78, 5) is 29.6. The number of fused-ring (bicyclic) bond motifs is 1. The number of rotatable bonds is 10. The van der Waals surface area contributed by atoms with Crippen LogP contribution in [0.4, 0.5) is 0 Å². The molecule has 1 amide bonds. The Morgan fingerprint density at radius 3 is 2.73 bits per heavy atom. The van der Waals surface area contributed by atoms with Crippen LogP contribution >= 0.6 is 11.8 Å². The van der Waals surface area contributed by atoms with Gasteiger partial charge in [0.2, 0.25) is 5.91 Å². The van der Waals surface area contributed by atoms with Crippen LogP contribution in [0.5, 0.6) is 0 Å². The van der Waals surface area contributed by atoms with Gasteiger partial charge in [0, 0.05) is 12.6 Å². The van der Waals surface area contributed by atoms with Crippen molar-refractivity contribution in [1.82, 2.24) is 14.9 Å². The van der Waals surface area contributed by atoms with E-state index in [1.165, 1.54) is 24.6 Å². The Labute approximate surface area is 159 Å². The van der Waals surface area contributed by atoms with Gasteiger partial charge in [-0.15, -0.1) is 0 Å². The first-order valence-corrected chi connectivity index (χ1v) is 10.5. The Balaban J connectivity index is 2.06. The van der Waals surface area contributed by atoms with Crippen LogP contribution in [-0.2, 0) is 11.3 Å². The summed E-state index contributed by atoms with van der Waals surface area (Å²) >= 11 is 1.33. The molecular weight excluding hydrogens is 346 g/mol.